The number of amides is 1. The maximum atomic E-state index is 11.3. The van der Waals surface area contributed by atoms with Crippen LogP contribution in [0.4, 0.5) is 4.79 Å². The van der Waals surface area contributed by atoms with E-state index in [1.165, 1.54) is 0 Å². The molecule has 1 aromatic rings. The van der Waals surface area contributed by atoms with Crippen molar-refractivity contribution in [3.8, 4) is 0 Å². The number of aryl methyl sites for hydroxylation is 1. The highest BCUT2D eigenvalue weighted by molar-refractivity contribution is 5.79. The molecule has 0 atom stereocenters. The normalized spacial score (nSPS) is 15.7. The van der Waals surface area contributed by atoms with Crippen LogP contribution in [0.5, 0.6) is 0 Å². The standard InChI is InChI=1S/C8H11N3O/c1-5-6(2)11-7(10-5)3-4-9-8(11)12/h3-4H2,1-2H3,(H,9,12). The van der Waals surface area contributed by atoms with Gasteiger partial charge in [-0.2, -0.15) is 0 Å². The van der Waals surface area contributed by atoms with E-state index in [0.717, 1.165) is 23.6 Å². The first-order chi connectivity index (χ1) is 5.70. The first-order valence-corrected chi connectivity index (χ1v) is 4.03. The van der Waals surface area contributed by atoms with Gasteiger partial charge in [0, 0.05) is 18.7 Å². The SMILES string of the molecule is Cc1nc2n(c1C)C(=O)NCC2. The molecule has 64 valence electrons. The summed E-state index contributed by atoms with van der Waals surface area (Å²) in [6, 6.07) is -0.0469. The van der Waals surface area contributed by atoms with Gasteiger partial charge in [0.25, 0.3) is 0 Å². The minimum absolute atomic E-state index is 0.0469. The lowest BCUT2D eigenvalue weighted by molar-refractivity contribution is 0.238. The average Bonchev–Trinajstić information content (AvgIpc) is 2.29. The Morgan fingerprint density at radius 3 is 2.92 bits per heavy atom. The third-order valence-corrected chi connectivity index (χ3v) is 2.24. The fraction of sp³-hybridized carbons (Fsp3) is 0.500. The van der Waals surface area contributed by atoms with E-state index in [0.29, 0.717) is 6.54 Å². The number of carbonyl (C=O) groups is 1. The van der Waals surface area contributed by atoms with E-state index in [-0.39, 0.29) is 6.03 Å². The quantitative estimate of drug-likeness (QED) is 0.612. The molecule has 1 amide bonds. The van der Waals surface area contributed by atoms with Crippen molar-refractivity contribution in [2.45, 2.75) is 20.3 Å². The third-order valence-electron chi connectivity index (χ3n) is 2.24. The second-order valence-electron chi connectivity index (χ2n) is 3.02. The van der Waals surface area contributed by atoms with Gasteiger partial charge in [-0.1, -0.05) is 0 Å². The van der Waals surface area contributed by atoms with Crippen molar-refractivity contribution in [3.63, 3.8) is 0 Å². The molecule has 0 bridgehead atoms. The highest BCUT2D eigenvalue weighted by Crippen LogP contribution is 2.12. The van der Waals surface area contributed by atoms with Crippen LogP contribution >= 0.6 is 0 Å². The molecule has 0 saturated carbocycles. The lowest BCUT2D eigenvalue weighted by Crippen LogP contribution is -2.37. The van der Waals surface area contributed by atoms with Crippen molar-refractivity contribution in [1.29, 1.82) is 0 Å². The molecule has 0 spiro atoms. The van der Waals surface area contributed by atoms with E-state index in [1.807, 2.05) is 13.8 Å². The van der Waals surface area contributed by atoms with Gasteiger partial charge in [-0.05, 0) is 13.8 Å². The Labute approximate surface area is 70.6 Å². The van der Waals surface area contributed by atoms with Gasteiger partial charge in [0.15, 0.2) is 0 Å². The van der Waals surface area contributed by atoms with Gasteiger partial charge in [-0.25, -0.2) is 9.78 Å². The second-order valence-corrected chi connectivity index (χ2v) is 3.02. The van der Waals surface area contributed by atoms with Crippen LogP contribution in [-0.4, -0.2) is 22.1 Å². The Morgan fingerprint density at radius 1 is 1.50 bits per heavy atom. The fourth-order valence-corrected chi connectivity index (χ4v) is 1.48. The predicted molar refractivity (Wildman–Crippen MR) is 44.2 cm³/mol. The summed E-state index contributed by atoms with van der Waals surface area (Å²) < 4.78 is 1.65. The number of imidazole rings is 1. The Balaban J connectivity index is 2.61. The summed E-state index contributed by atoms with van der Waals surface area (Å²) in [6.45, 7) is 4.54. The Morgan fingerprint density at radius 2 is 2.25 bits per heavy atom. The molecule has 1 aliphatic heterocycles. The molecule has 4 heteroatoms. The third kappa shape index (κ3) is 0.841. The molecule has 2 rings (SSSR count). The van der Waals surface area contributed by atoms with E-state index in [1.54, 1.807) is 4.57 Å². The van der Waals surface area contributed by atoms with Crippen LogP contribution in [0.3, 0.4) is 0 Å². The molecule has 0 unspecified atom stereocenters. The van der Waals surface area contributed by atoms with Crippen LogP contribution in [0, 0.1) is 13.8 Å². The van der Waals surface area contributed by atoms with Gasteiger partial charge in [-0.3, -0.25) is 4.57 Å². The van der Waals surface area contributed by atoms with Gasteiger partial charge < -0.3 is 5.32 Å². The van der Waals surface area contributed by atoms with Crippen molar-refractivity contribution >= 4 is 6.03 Å². The molecule has 0 saturated heterocycles. The van der Waals surface area contributed by atoms with Crippen LogP contribution in [0.25, 0.3) is 0 Å². The van der Waals surface area contributed by atoms with E-state index >= 15 is 0 Å². The largest absolute Gasteiger partial charge is 0.337 e. The summed E-state index contributed by atoms with van der Waals surface area (Å²) >= 11 is 0. The van der Waals surface area contributed by atoms with Crippen molar-refractivity contribution in [2.75, 3.05) is 6.54 Å². The molecule has 1 aromatic heterocycles. The zero-order valence-electron chi connectivity index (χ0n) is 7.22. The molecule has 0 radical (unpaired) electrons. The highest BCUT2D eigenvalue weighted by atomic mass is 16.2. The summed E-state index contributed by atoms with van der Waals surface area (Å²) in [5.74, 6) is 0.883. The summed E-state index contributed by atoms with van der Waals surface area (Å²) in [5.41, 5.74) is 1.89. The number of carbonyl (C=O) groups excluding carboxylic acids is 1. The minimum Gasteiger partial charge on any atom is -0.337 e. The zero-order chi connectivity index (χ0) is 8.72. The zero-order valence-corrected chi connectivity index (χ0v) is 7.22. The first-order valence-electron chi connectivity index (χ1n) is 4.03. The topological polar surface area (TPSA) is 46.9 Å². The summed E-state index contributed by atoms with van der Waals surface area (Å²) in [6.07, 6.45) is 0.834. The summed E-state index contributed by atoms with van der Waals surface area (Å²) in [4.78, 5) is 15.6. The fourth-order valence-electron chi connectivity index (χ4n) is 1.48. The van der Waals surface area contributed by atoms with E-state index < -0.39 is 0 Å². The lowest BCUT2D eigenvalue weighted by atomic mass is 10.3. The number of hydrogen-bond donors (Lipinski definition) is 1. The summed E-state index contributed by atoms with van der Waals surface area (Å²) in [5, 5.41) is 2.78. The number of nitrogens with one attached hydrogen (secondary N) is 1. The molecule has 0 aromatic carbocycles. The van der Waals surface area contributed by atoms with Gasteiger partial charge in [0.05, 0.1) is 5.69 Å². The van der Waals surface area contributed by atoms with Gasteiger partial charge in [0.1, 0.15) is 5.82 Å². The first kappa shape index (κ1) is 7.34. The molecule has 0 aliphatic carbocycles. The van der Waals surface area contributed by atoms with Crippen LogP contribution < -0.4 is 5.32 Å². The van der Waals surface area contributed by atoms with Crippen molar-refractivity contribution in [1.82, 2.24) is 14.9 Å². The molecule has 1 N–H and O–H groups in total. The lowest BCUT2D eigenvalue weighted by Gasteiger charge is -2.14. The molecule has 4 nitrogen and oxygen atoms in total. The average molecular weight is 165 g/mol. The smallest absolute Gasteiger partial charge is 0.327 e. The van der Waals surface area contributed by atoms with E-state index in [9.17, 15) is 4.79 Å². The number of hydrogen-bond acceptors (Lipinski definition) is 2. The Kier molecular flexibility index (Phi) is 1.43. The number of rotatable bonds is 0. The maximum Gasteiger partial charge on any atom is 0.327 e. The molecule has 12 heavy (non-hydrogen) atoms. The Hall–Kier alpha value is -1.32. The van der Waals surface area contributed by atoms with Crippen LogP contribution in [0.2, 0.25) is 0 Å². The molecular weight excluding hydrogens is 154 g/mol. The molecule has 1 aliphatic rings. The Bertz CT molecular complexity index is 340. The molecular formula is C8H11N3O. The highest BCUT2D eigenvalue weighted by Gasteiger charge is 2.20. The van der Waals surface area contributed by atoms with Crippen molar-refractivity contribution in [2.24, 2.45) is 0 Å². The second kappa shape index (κ2) is 2.33. The molecule has 0 fully saturated rings. The van der Waals surface area contributed by atoms with Crippen LogP contribution in [0.15, 0.2) is 0 Å². The monoisotopic (exact) mass is 165 g/mol. The number of fused-ring (bicyclic) bond motifs is 1. The van der Waals surface area contributed by atoms with Gasteiger partial charge >= 0.3 is 6.03 Å². The summed E-state index contributed by atoms with van der Waals surface area (Å²) in [7, 11) is 0. The predicted octanol–water partition coefficient (Wildman–Crippen LogP) is 0.614. The minimum atomic E-state index is -0.0469. The molecule has 2 heterocycles. The number of nitrogens with zero attached hydrogens (tertiary/aromatic N) is 2. The van der Waals surface area contributed by atoms with Gasteiger partial charge in [-0.15, -0.1) is 0 Å². The van der Waals surface area contributed by atoms with E-state index in [2.05, 4.69) is 10.3 Å². The van der Waals surface area contributed by atoms with Crippen LogP contribution in [-0.2, 0) is 6.42 Å². The van der Waals surface area contributed by atoms with Crippen LogP contribution in [0.1, 0.15) is 17.2 Å². The van der Waals surface area contributed by atoms with Crippen molar-refractivity contribution < 1.29 is 4.79 Å². The van der Waals surface area contributed by atoms with E-state index in [4.69, 9.17) is 0 Å². The van der Waals surface area contributed by atoms with Gasteiger partial charge in [0.2, 0.25) is 0 Å². The maximum absolute atomic E-state index is 11.3. The van der Waals surface area contributed by atoms with Crippen molar-refractivity contribution in [3.05, 3.63) is 17.2 Å². The number of aromatic nitrogens is 2.